The summed E-state index contributed by atoms with van der Waals surface area (Å²) in [6.45, 7) is 6.56. The largest absolute Gasteiger partial charge is 0.314 e. The van der Waals surface area contributed by atoms with Gasteiger partial charge in [0.05, 0.1) is 5.69 Å². The highest BCUT2D eigenvalue weighted by molar-refractivity contribution is 6.30. The van der Waals surface area contributed by atoms with Gasteiger partial charge in [0.25, 0.3) is 0 Å². The maximum Gasteiger partial charge on any atom is 0.0531 e. The van der Waals surface area contributed by atoms with Crippen molar-refractivity contribution in [2.45, 2.75) is 26.7 Å². The van der Waals surface area contributed by atoms with E-state index in [-0.39, 0.29) is 0 Å². The Morgan fingerprint density at radius 3 is 2.27 bits per heavy atom. The molecular weight excluding hydrogens is 290 g/mol. The van der Waals surface area contributed by atoms with Gasteiger partial charge in [-0.25, -0.2) is 0 Å². The minimum Gasteiger partial charge on any atom is -0.314 e. The molecule has 0 spiro atoms. The molecule has 0 saturated heterocycles. The molecule has 0 aliphatic heterocycles. The first-order valence-electron chi connectivity index (χ1n) is 7.61. The number of benzene rings is 2. The van der Waals surface area contributed by atoms with Gasteiger partial charge in [0.15, 0.2) is 0 Å². The molecule has 1 heterocycles. The molecule has 3 rings (SSSR count). The van der Waals surface area contributed by atoms with E-state index in [1.165, 1.54) is 16.9 Å². The number of nitrogens with zero attached hydrogens (tertiary/aromatic N) is 1. The zero-order valence-electron chi connectivity index (χ0n) is 13.2. The molecular formula is C20H20ClN. The highest BCUT2D eigenvalue weighted by atomic mass is 35.5. The van der Waals surface area contributed by atoms with Gasteiger partial charge in [0, 0.05) is 16.4 Å². The number of halogens is 1. The predicted molar refractivity (Wildman–Crippen MR) is 95.0 cm³/mol. The van der Waals surface area contributed by atoms with Gasteiger partial charge in [-0.2, -0.15) is 0 Å². The molecule has 0 aliphatic carbocycles. The van der Waals surface area contributed by atoms with Crippen molar-refractivity contribution in [3.8, 4) is 16.9 Å². The van der Waals surface area contributed by atoms with Crippen molar-refractivity contribution in [2.75, 3.05) is 0 Å². The fourth-order valence-corrected chi connectivity index (χ4v) is 2.95. The van der Waals surface area contributed by atoms with Crippen LogP contribution in [0.15, 0.2) is 60.7 Å². The molecule has 1 aromatic heterocycles. The molecule has 3 aromatic rings. The van der Waals surface area contributed by atoms with Crippen molar-refractivity contribution in [1.29, 1.82) is 0 Å². The Hall–Kier alpha value is -1.99. The molecule has 22 heavy (non-hydrogen) atoms. The zero-order valence-corrected chi connectivity index (χ0v) is 13.9. The molecule has 0 amide bonds. The second-order valence-electron chi connectivity index (χ2n) is 5.95. The van der Waals surface area contributed by atoms with Crippen LogP contribution in [-0.2, 0) is 0 Å². The molecule has 0 fully saturated rings. The van der Waals surface area contributed by atoms with Crippen LogP contribution in [0.1, 0.15) is 31.0 Å². The lowest BCUT2D eigenvalue weighted by Gasteiger charge is -2.14. The second kappa shape index (κ2) is 6.02. The minimum atomic E-state index is 0.548. The standard InChI is InChI=1S/C20H20ClN/c1-14(2)16-8-10-19(11-9-16)22-15(3)7-12-20(22)17-5-4-6-18(21)13-17/h4-14H,1-3H3. The topological polar surface area (TPSA) is 4.93 Å². The molecule has 112 valence electrons. The maximum atomic E-state index is 6.15. The van der Waals surface area contributed by atoms with Crippen LogP contribution in [0.5, 0.6) is 0 Å². The zero-order chi connectivity index (χ0) is 15.7. The van der Waals surface area contributed by atoms with Crippen molar-refractivity contribution in [3.63, 3.8) is 0 Å². The lowest BCUT2D eigenvalue weighted by molar-refractivity contribution is 0.865. The number of hydrogen-bond acceptors (Lipinski definition) is 0. The molecule has 0 radical (unpaired) electrons. The van der Waals surface area contributed by atoms with E-state index < -0.39 is 0 Å². The van der Waals surface area contributed by atoms with Crippen molar-refractivity contribution in [2.24, 2.45) is 0 Å². The summed E-state index contributed by atoms with van der Waals surface area (Å²) >= 11 is 6.15. The second-order valence-corrected chi connectivity index (χ2v) is 6.39. The molecule has 0 unspecified atom stereocenters. The molecule has 0 saturated carbocycles. The summed E-state index contributed by atoms with van der Waals surface area (Å²) in [6.07, 6.45) is 0. The van der Waals surface area contributed by atoms with Gasteiger partial charge in [-0.15, -0.1) is 0 Å². The number of hydrogen-bond donors (Lipinski definition) is 0. The van der Waals surface area contributed by atoms with Gasteiger partial charge >= 0.3 is 0 Å². The summed E-state index contributed by atoms with van der Waals surface area (Å²) < 4.78 is 2.27. The first-order valence-corrected chi connectivity index (χ1v) is 7.98. The van der Waals surface area contributed by atoms with Gasteiger partial charge in [-0.1, -0.05) is 49.7 Å². The van der Waals surface area contributed by atoms with Crippen molar-refractivity contribution >= 4 is 11.6 Å². The fourth-order valence-electron chi connectivity index (χ4n) is 2.76. The lowest BCUT2D eigenvalue weighted by Crippen LogP contribution is -1.99. The van der Waals surface area contributed by atoms with Crippen molar-refractivity contribution < 1.29 is 0 Å². The molecule has 2 aromatic carbocycles. The summed E-state index contributed by atoms with van der Waals surface area (Å²) in [6, 6.07) is 21.1. The average Bonchev–Trinajstić information content (AvgIpc) is 2.89. The number of aromatic nitrogens is 1. The van der Waals surface area contributed by atoms with E-state index in [1.807, 2.05) is 18.2 Å². The Bertz CT molecular complexity index is 782. The van der Waals surface area contributed by atoms with Gasteiger partial charge in [0.2, 0.25) is 0 Å². The fraction of sp³-hybridized carbons (Fsp3) is 0.200. The van der Waals surface area contributed by atoms with E-state index in [9.17, 15) is 0 Å². The Labute approximate surface area is 137 Å². The van der Waals surface area contributed by atoms with Crippen LogP contribution in [0.3, 0.4) is 0 Å². The van der Waals surface area contributed by atoms with E-state index >= 15 is 0 Å². The summed E-state index contributed by atoms with van der Waals surface area (Å²) in [5.41, 5.74) is 6.05. The highest BCUT2D eigenvalue weighted by Crippen LogP contribution is 2.28. The van der Waals surface area contributed by atoms with Crippen LogP contribution in [0.2, 0.25) is 5.02 Å². The molecule has 0 N–H and O–H groups in total. The van der Waals surface area contributed by atoms with Crippen LogP contribution in [-0.4, -0.2) is 4.57 Å². The monoisotopic (exact) mass is 309 g/mol. The maximum absolute atomic E-state index is 6.15. The normalized spacial score (nSPS) is 11.1. The quantitative estimate of drug-likeness (QED) is 0.540. The minimum absolute atomic E-state index is 0.548. The molecule has 1 nitrogen and oxygen atoms in total. The van der Waals surface area contributed by atoms with Crippen LogP contribution in [0.25, 0.3) is 16.9 Å². The summed E-state index contributed by atoms with van der Waals surface area (Å²) in [5.74, 6) is 0.548. The van der Waals surface area contributed by atoms with E-state index in [0.29, 0.717) is 5.92 Å². The smallest absolute Gasteiger partial charge is 0.0531 e. The SMILES string of the molecule is Cc1ccc(-c2cccc(Cl)c2)n1-c1ccc(C(C)C)cc1. The Morgan fingerprint density at radius 2 is 1.64 bits per heavy atom. The lowest BCUT2D eigenvalue weighted by atomic mass is 10.0. The summed E-state index contributed by atoms with van der Waals surface area (Å²) in [7, 11) is 0. The van der Waals surface area contributed by atoms with Gasteiger partial charge < -0.3 is 4.57 Å². The third-order valence-corrected chi connectivity index (χ3v) is 4.25. The van der Waals surface area contributed by atoms with E-state index in [2.05, 4.69) is 67.8 Å². The highest BCUT2D eigenvalue weighted by Gasteiger charge is 2.10. The molecule has 2 heteroatoms. The van der Waals surface area contributed by atoms with Gasteiger partial charge in [-0.05, 0) is 60.4 Å². The van der Waals surface area contributed by atoms with E-state index in [4.69, 9.17) is 11.6 Å². The molecule has 0 aliphatic rings. The molecule has 0 atom stereocenters. The van der Waals surface area contributed by atoms with Gasteiger partial charge in [0.1, 0.15) is 0 Å². The first kappa shape index (κ1) is 14.9. The van der Waals surface area contributed by atoms with E-state index in [1.54, 1.807) is 0 Å². The first-order chi connectivity index (χ1) is 10.6. The van der Waals surface area contributed by atoms with Gasteiger partial charge in [-0.3, -0.25) is 0 Å². The number of rotatable bonds is 3. The third kappa shape index (κ3) is 2.82. The van der Waals surface area contributed by atoms with Crippen LogP contribution in [0.4, 0.5) is 0 Å². The van der Waals surface area contributed by atoms with Crippen LogP contribution < -0.4 is 0 Å². The summed E-state index contributed by atoms with van der Waals surface area (Å²) in [5, 5.41) is 0.762. The Morgan fingerprint density at radius 1 is 0.909 bits per heavy atom. The predicted octanol–water partition coefficient (Wildman–Crippen LogP) is 6.23. The van der Waals surface area contributed by atoms with Crippen LogP contribution in [0, 0.1) is 6.92 Å². The molecule has 0 bridgehead atoms. The average molecular weight is 310 g/mol. The Kier molecular flexibility index (Phi) is 4.08. The third-order valence-electron chi connectivity index (χ3n) is 4.01. The summed E-state index contributed by atoms with van der Waals surface area (Å²) in [4.78, 5) is 0. The van der Waals surface area contributed by atoms with Crippen LogP contribution >= 0.6 is 11.6 Å². The number of aryl methyl sites for hydroxylation is 1. The van der Waals surface area contributed by atoms with Crippen molar-refractivity contribution in [1.82, 2.24) is 4.57 Å². The Balaban J connectivity index is 2.09. The van der Waals surface area contributed by atoms with E-state index in [0.717, 1.165) is 16.3 Å². The van der Waals surface area contributed by atoms with Crippen molar-refractivity contribution in [3.05, 3.63) is 76.9 Å².